The van der Waals surface area contributed by atoms with Crippen molar-refractivity contribution in [3.63, 3.8) is 0 Å². The van der Waals surface area contributed by atoms with Crippen LogP contribution in [0.25, 0.3) is 11.3 Å². The van der Waals surface area contributed by atoms with E-state index in [4.69, 9.17) is 4.52 Å². The SMILES string of the molecule is CC(C)(C)c1onc(-c2cc(F)ccc2Br)c1C(=O)O. The second-order valence-electron chi connectivity index (χ2n) is 5.41. The summed E-state index contributed by atoms with van der Waals surface area (Å²) < 4.78 is 19.1. The Morgan fingerprint density at radius 2 is 2.05 bits per heavy atom. The molecule has 0 aliphatic rings. The van der Waals surface area contributed by atoms with Crippen LogP contribution in [0, 0.1) is 5.82 Å². The second kappa shape index (κ2) is 5.01. The summed E-state index contributed by atoms with van der Waals surface area (Å²) in [4.78, 5) is 11.5. The molecule has 0 atom stereocenters. The molecular formula is C14H13BrFNO3. The first-order valence-electron chi connectivity index (χ1n) is 5.90. The molecule has 0 fully saturated rings. The third-order valence-electron chi connectivity index (χ3n) is 2.77. The minimum absolute atomic E-state index is 0.0381. The van der Waals surface area contributed by atoms with Crippen molar-refractivity contribution in [2.45, 2.75) is 26.2 Å². The zero-order chi connectivity index (χ0) is 15.1. The van der Waals surface area contributed by atoms with Gasteiger partial charge in [-0.2, -0.15) is 0 Å². The third kappa shape index (κ3) is 2.60. The highest BCUT2D eigenvalue weighted by atomic mass is 79.9. The van der Waals surface area contributed by atoms with Crippen LogP contribution in [-0.2, 0) is 5.41 Å². The smallest absolute Gasteiger partial charge is 0.341 e. The van der Waals surface area contributed by atoms with Crippen molar-refractivity contribution < 1.29 is 18.8 Å². The van der Waals surface area contributed by atoms with Gasteiger partial charge in [0.25, 0.3) is 0 Å². The number of carboxylic acid groups (broad SMARTS) is 1. The van der Waals surface area contributed by atoms with Gasteiger partial charge in [0.15, 0.2) is 5.76 Å². The Morgan fingerprint density at radius 1 is 1.40 bits per heavy atom. The highest BCUT2D eigenvalue weighted by molar-refractivity contribution is 9.10. The summed E-state index contributed by atoms with van der Waals surface area (Å²) in [5.74, 6) is -1.36. The lowest BCUT2D eigenvalue weighted by atomic mass is 9.89. The molecule has 6 heteroatoms. The summed E-state index contributed by atoms with van der Waals surface area (Å²) in [7, 11) is 0. The van der Waals surface area contributed by atoms with Crippen LogP contribution in [-0.4, -0.2) is 16.2 Å². The molecule has 0 saturated heterocycles. The fourth-order valence-electron chi connectivity index (χ4n) is 1.86. The Bertz CT molecular complexity index is 674. The average Bonchev–Trinajstić information content (AvgIpc) is 2.76. The van der Waals surface area contributed by atoms with E-state index in [1.54, 1.807) is 0 Å². The lowest BCUT2D eigenvalue weighted by molar-refractivity contribution is 0.0692. The maximum absolute atomic E-state index is 13.4. The van der Waals surface area contributed by atoms with Crippen LogP contribution in [0.2, 0.25) is 0 Å². The number of hydrogen-bond acceptors (Lipinski definition) is 3. The molecule has 20 heavy (non-hydrogen) atoms. The molecule has 0 aliphatic heterocycles. The minimum atomic E-state index is -1.15. The fraction of sp³-hybridized carbons (Fsp3) is 0.286. The van der Waals surface area contributed by atoms with Gasteiger partial charge in [0.05, 0.1) is 0 Å². The summed E-state index contributed by atoms with van der Waals surface area (Å²) in [5.41, 5.74) is -0.0852. The van der Waals surface area contributed by atoms with Crippen LogP contribution in [0.5, 0.6) is 0 Å². The van der Waals surface area contributed by atoms with E-state index in [9.17, 15) is 14.3 Å². The molecule has 2 rings (SSSR count). The minimum Gasteiger partial charge on any atom is -0.477 e. The summed E-state index contributed by atoms with van der Waals surface area (Å²) >= 11 is 3.27. The van der Waals surface area contributed by atoms with Crippen LogP contribution < -0.4 is 0 Å². The first-order valence-corrected chi connectivity index (χ1v) is 6.70. The molecular weight excluding hydrogens is 329 g/mol. The number of benzene rings is 1. The van der Waals surface area contributed by atoms with E-state index in [1.165, 1.54) is 18.2 Å². The lowest BCUT2D eigenvalue weighted by Gasteiger charge is -2.14. The summed E-state index contributed by atoms with van der Waals surface area (Å²) in [6.07, 6.45) is 0. The predicted molar refractivity (Wildman–Crippen MR) is 75.3 cm³/mol. The molecule has 0 aliphatic carbocycles. The molecule has 0 unspecified atom stereocenters. The molecule has 1 aromatic carbocycles. The maximum Gasteiger partial charge on any atom is 0.341 e. The van der Waals surface area contributed by atoms with Gasteiger partial charge in [-0.1, -0.05) is 41.9 Å². The maximum atomic E-state index is 13.4. The van der Waals surface area contributed by atoms with E-state index in [-0.39, 0.29) is 17.0 Å². The Morgan fingerprint density at radius 3 is 2.60 bits per heavy atom. The Labute approximate surface area is 123 Å². The number of nitrogens with zero attached hydrogens (tertiary/aromatic N) is 1. The molecule has 0 spiro atoms. The highest BCUT2D eigenvalue weighted by Gasteiger charge is 2.32. The van der Waals surface area contributed by atoms with Gasteiger partial charge in [-0.3, -0.25) is 0 Å². The number of aromatic nitrogens is 1. The third-order valence-corrected chi connectivity index (χ3v) is 3.46. The van der Waals surface area contributed by atoms with Gasteiger partial charge in [-0.25, -0.2) is 9.18 Å². The molecule has 2 aromatic rings. The normalized spacial score (nSPS) is 11.7. The van der Waals surface area contributed by atoms with Crippen molar-refractivity contribution in [3.05, 3.63) is 39.8 Å². The number of hydrogen-bond donors (Lipinski definition) is 1. The monoisotopic (exact) mass is 341 g/mol. The topological polar surface area (TPSA) is 63.3 Å². The molecule has 106 valence electrons. The molecule has 0 saturated carbocycles. The van der Waals surface area contributed by atoms with Crippen molar-refractivity contribution in [1.29, 1.82) is 0 Å². The fourth-order valence-corrected chi connectivity index (χ4v) is 2.30. The number of carbonyl (C=O) groups is 1. The van der Waals surface area contributed by atoms with Gasteiger partial charge >= 0.3 is 5.97 Å². The first kappa shape index (κ1) is 14.7. The largest absolute Gasteiger partial charge is 0.477 e. The second-order valence-corrected chi connectivity index (χ2v) is 6.27. The quantitative estimate of drug-likeness (QED) is 0.887. The molecule has 0 amide bonds. The van der Waals surface area contributed by atoms with Crippen LogP contribution in [0.15, 0.2) is 27.2 Å². The Balaban J connectivity index is 2.73. The molecule has 0 radical (unpaired) electrons. The van der Waals surface area contributed by atoms with Crippen molar-refractivity contribution in [2.75, 3.05) is 0 Å². The van der Waals surface area contributed by atoms with Crippen LogP contribution in [0.4, 0.5) is 4.39 Å². The Hall–Kier alpha value is -1.69. The lowest BCUT2D eigenvalue weighted by Crippen LogP contribution is -2.15. The number of rotatable bonds is 2. The van der Waals surface area contributed by atoms with Crippen LogP contribution >= 0.6 is 15.9 Å². The summed E-state index contributed by atoms with van der Waals surface area (Å²) in [5, 5.41) is 13.2. The van der Waals surface area contributed by atoms with Crippen molar-refractivity contribution in [3.8, 4) is 11.3 Å². The number of carboxylic acids is 1. The van der Waals surface area contributed by atoms with Crippen LogP contribution in [0.3, 0.4) is 0 Å². The zero-order valence-corrected chi connectivity index (χ0v) is 12.8. The number of aromatic carboxylic acids is 1. The molecule has 4 nitrogen and oxygen atoms in total. The van der Waals surface area contributed by atoms with Gasteiger partial charge in [0.2, 0.25) is 0 Å². The molecule has 1 heterocycles. The summed E-state index contributed by atoms with van der Waals surface area (Å²) in [6.45, 7) is 5.47. The van der Waals surface area contributed by atoms with Crippen molar-refractivity contribution in [2.24, 2.45) is 0 Å². The van der Waals surface area contributed by atoms with Gasteiger partial charge in [-0.05, 0) is 18.2 Å². The highest BCUT2D eigenvalue weighted by Crippen LogP contribution is 2.36. The van der Waals surface area contributed by atoms with E-state index in [2.05, 4.69) is 21.1 Å². The van der Waals surface area contributed by atoms with Crippen molar-refractivity contribution >= 4 is 21.9 Å². The van der Waals surface area contributed by atoms with E-state index in [0.717, 1.165) is 0 Å². The van der Waals surface area contributed by atoms with Gasteiger partial charge in [0, 0.05) is 15.5 Å². The first-order chi connectivity index (χ1) is 9.21. The van der Waals surface area contributed by atoms with E-state index in [1.807, 2.05) is 20.8 Å². The number of halogens is 2. The van der Waals surface area contributed by atoms with E-state index < -0.39 is 17.2 Å². The molecule has 1 N–H and O–H groups in total. The summed E-state index contributed by atoms with van der Waals surface area (Å²) in [6, 6.07) is 4.00. The molecule has 1 aromatic heterocycles. The molecule has 0 bridgehead atoms. The van der Waals surface area contributed by atoms with E-state index in [0.29, 0.717) is 10.0 Å². The van der Waals surface area contributed by atoms with Crippen LogP contribution in [0.1, 0.15) is 36.9 Å². The average molecular weight is 342 g/mol. The van der Waals surface area contributed by atoms with E-state index >= 15 is 0 Å². The predicted octanol–water partition coefficient (Wildman–Crippen LogP) is 4.24. The van der Waals surface area contributed by atoms with Gasteiger partial charge in [-0.15, -0.1) is 0 Å². The van der Waals surface area contributed by atoms with Crippen molar-refractivity contribution in [1.82, 2.24) is 5.16 Å². The Kier molecular flexibility index (Phi) is 3.69. The van der Waals surface area contributed by atoms with Gasteiger partial charge < -0.3 is 9.63 Å². The standard InChI is InChI=1S/C14H13BrFNO3/c1-14(2,3)12-10(13(18)19)11(17-20-12)8-6-7(16)4-5-9(8)15/h4-6H,1-3H3,(H,18,19). The van der Waals surface area contributed by atoms with Gasteiger partial charge in [0.1, 0.15) is 17.1 Å². The zero-order valence-electron chi connectivity index (χ0n) is 11.2.